The van der Waals surface area contributed by atoms with Gasteiger partial charge in [0.25, 0.3) is 5.69 Å². The number of fused-ring (bicyclic) bond motifs is 5. The molecule has 3 heterocycles. The van der Waals surface area contributed by atoms with Crippen molar-refractivity contribution in [2.75, 3.05) is 0 Å². The second-order valence-electron chi connectivity index (χ2n) is 6.80. The van der Waals surface area contributed by atoms with Gasteiger partial charge in [0, 0.05) is 22.6 Å². The number of hydrogen-bond donors (Lipinski definition) is 0. The lowest BCUT2D eigenvalue weighted by Gasteiger charge is -2.17. The van der Waals surface area contributed by atoms with Crippen LogP contribution >= 0.6 is 11.3 Å². The molecule has 1 aliphatic rings. The predicted octanol–water partition coefficient (Wildman–Crippen LogP) is 4.04. The minimum atomic E-state index is -0.407. The van der Waals surface area contributed by atoms with Gasteiger partial charge in [-0.05, 0) is 42.9 Å². The number of thiophene rings is 1. The number of aromatic nitrogens is 4. The van der Waals surface area contributed by atoms with Crippen molar-refractivity contribution in [1.29, 1.82) is 0 Å². The van der Waals surface area contributed by atoms with Crippen molar-refractivity contribution in [2.45, 2.75) is 26.2 Å². The first-order valence-electron chi connectivity index (χ1n) is 8.50. The fourth-order valence-corrected chi connectivity index (χ4v) is 5.01. The van der Waals surface area contributed by atoms with Crippen molar-refractivity contribution in [1.82, 2.24) is 19.6 Å². The van der Waals surface area contributed by atoms with Crippen LogP contribution in [0.25, 0.3) is 27.3 Å². The molecule has 130 valence electrons. The second kappa shape index (κ2) is 5.57. The molecule has 0 aliphatic heterocycles. The maximum Gasteiger partial charge on any atom is 0.269 e. The molecular formula is C18H15N5O2S. The number of hydrogen-bond acceptors (Lipinski definition) is 6. The van der Waals surface area contributed by atoms with Gasteiger partial charge in [-0.25, -0.2) is 4.98 Å². The Labute approximate surface area is 152 Å². The number of nitrogens with zero attached hydrogens (tertiary/aromatic N) is 5. The Kier molecular flexibility index (Phi) is 3.30. The molecule has 4 aromatic rings. The zero-order valence-corrected chi connectivity index (χ0v) is 14.9. The van der Waals surface area contributed by atoms with E-state index in [1.807, 2.05) is 4.40 Å². The molecule has 5 rings (SSSR count). The summed E-state index contributed by atoms with van der Waals surface area (Å²) in [5, 5.41) is 20.7. The van der Waals surface area contributed by atoms with Crippen LogP contribution in [0.4, 0.5) is 5.69 Å². The lowest BCUT2D eigenvalue weighted by atomic mass is 9.89. The summed E-state index contributed by atoms with van der Waals surface area (Å²) in [5.41, 5.74) is 3.02. The Morgan fingerprint density at radius 1 is 1.27 bits per heavy atom. The Bertz CT molecular complexity index is 1160. The van der Waals surface area contributed by atoms with Crippen molar-refractivity contribution < 1.29 is 4.92 Å². The summed E-state index contributed by atoms with van der Waals surface area (Å²) in [6, 6.07) is 6.36. The summed E-state index contributed by atoms with van der Waals surface area (Å²) in [6.45, 7) is 2.29. The summed E-state index contributed by atoms with van der Waals surface area (Å²) in [5.74, 6) is 1.36. The number of nitro benzene ring substituents is 1. The molecule has 7 nitrogen and oxygen atoms in total. The van der Waals surface area contributed by atoms with Gasteiger partial charge >= 0.3 is 0 Å². The van der Waals surface area contributed by atoms with Gasteiger partial charge < -0.3 is 0 Å². The molecule has 0 unspecified atom stereocenters. The lowest BCUT2D eigenvalue weighted by molar-refractivity contribution is -0.384. The quantitative estimate of drug-likeness (QED) is 0.395. The van der Waals surface area contributed by atoms with Crippen LogP contribution in [-0.4, -0.2) is 24.5 Å². The second-order valence-corrected chi connectivity index (χ2v) is 7.88. The topological polar surface area (TPSA) is 86.2 Å². The van der Waals surface area contributed by atoms with Gasteiger partial charge in [-0.15, -0.1) is 21.5 Å². The highest BCUT2D eigenvalue weighted by Gasteiger charge is 2.24. The number of benzene rings is 1. The molecule has 0 N–H and O–H groups in total. The van der Waals surface area contributed by atoms with E-state index in [1.165, 1.54) is 29.0 Å². The van der Waals surface area contributed by atoms with Crippen LogP contribution < -0.4 is 0 Å². The molecule has 0 spiro atoms. The SMILES string of the molecule is C[C@H]1CCc2c(sc3ncn4c(-c5ccc([N+](=O)[O-])cc5)nnc4c23)C1. The first-order valence-corrected chi connectivity index (χ1v) is 9.32. The third kappa shape index (κ3) is 2.22. The number of aryl methyl sites for hydroxylation is 1. The Morgan fingerprint density at radius 3 is 2.85 bits per heavy atom. The summed E-state index contributed by atoms with van der Waals surface area (Å²) < 4.78 is 1.88. The maximum atomic E-state index is 10.9. The van der Waals surface area contributed by atoms with E-state index in [0.29, 0.717) is 11.7 Å². The van der Waals surface area contributed by atoms with Crippen LogP contribution in [0.2, 0.25) is 0 Å². The monoisotopic (exact) mass is 365 g/mol. The third-order valence-electron chi connectivity index (χ3n) is 5.04. The van der Waals surface area contributed by atoms with Gasteiger partial charge in [0.2, 0.25) is 0 Å². The normalized spacial score (nSPS) is 16.9. The lowest BCUT2D eigenvalue weighted by Crippen LogP contribution is -2.08. The van der Waals surface area contributed by atoms with E-state index in [9.17, 15) is 10.1 Å². The van der Waals surface area contributed by atoms with Crippen LogP contribution in [0, 0.1) is 16.0 Å². The molecule has 0 fully saturated rings. The van der Waals surface area contributed by atoms with E-state index >= 15 is 0 Å². The molecule has 0 saturated carbocycles. The Balaban J connectivity index is 1.69. The fourth-order valence-electron chi connectivity index (χ4n) is 3.67. The molecule has 0 saturated heterocycles. The van der Waals surface area contributed by atoms with E-state index in [4.69, 9.17) is 0 Å². The number of rotatable bonds is 2. The molecule has 0 radical (unpaired) electrons. The first kappa shape index (κ1) is 15.4. The molecule has 3 aromatic heterocycles. The third-order valence-corrected chi connectivity index (χ3v) is 6.20. The first-order chi connectivity index (χ1) is 12.6. The minimum Gasteiger partial charge on any atom is -0.265 e. The number of non-ortho nitro benzene ring substituents is 1. The molecule has 1 aromatic carbocycles. The largest absolute Gasteiger partial charge is 0.269 e. The smallest absolute Gasteiger partial charge is 0.265 e. The summed E-state index contributed by atoms with van der Waals surface area (Å²) in [7, 11) is 0. The van der Waals surface area contributed by atoms with E-state index < -0.39 is 4.92 Å². The molecule has 26 heavy (non-hydrogen) atoms. The van der Waals surface area contributed by atoms with Crippen molar-refractivity contribution >= 4 is 32.9 Å². The molecule has 1 atom stereocenters. The van der Waals surface area contributed by atoms with E-state index in [2.05, 4.69) is 22.1 Å². The van der Waals surface area contributed by atoms with Crippen molar-refractivity contribution in [3.05, 3.63) is 51.1 Å². The highest BCUT2D eigenvalue weighted by atomic mass is 32.1. The van der Waals surface area contributed by atoms with E-state index in [1.54, 1.807) is 29.8 Å². The summed E-state index contributed by atoms with van der Waals surface area (Å²) in [6.07, 6.45) is 5.09. The van der Waals surface area contributed by atoms with Gasteiger partial charge in [-0.3, -0.25) is 14.5 Å². The van der Waals surface area contributed by atoms with E-state index in [0.717, 1.165) is 34.3 Å². The predicted molar refractivity (Wildman–Crippen MR) is 99.4 cm³/mol. The van der Waals surface area contributed by atoms with Crippen LogP contribution in [0.5, 0.6) is 0 Å². The summed E-state index contributed by atoms with van der Waals surface area (Å²) >= 11 is 1.76. The average Bonchev–Trinajstić information content (AvgIpc) is 3.21. The maximum absolute atomic E-state index is 10.9. The van der Waals surface area contributed by atoms with Gasteiger partial charge in [0.15, 0.2) is 11.5 Å². The number of nitro groups is 1. The van der Waals surface area contributed by atoms with Gasteiger partial charge in [0.1, 0.15) is 11.2 Å². The Hall–Kier alpha value is -2.87. The van der Waals surface area contributed by atoms with Crippen molar-refractivity contribution in [2.24, 2.45) is 5.92 Å². The van der Waals surface area contributed by atoms with Crippen LogP contribution in [0.15, 0.2) is 30.6 Å². The zero-order chi connectivity index (χ0) is 17.8. The van der Waals surface area contributed by atoms with Crippen LogP contribution in [-0.2, 0) is 12.8 Å². The Morgan fingerprint density at radius 2 is 2.08 bits per heavy atom. The standard InChI is InChI=1S/C18H15N5O2S/c1-10-2-7-13-14(8-10)26-18-15(13)17-21-20-16(22(17)9-19-18)11-3-5-12(6-4-11)23(24)25/h3-6,9-10H,2,7-8H2,1H3/t10-/m0/s1. The van der Waals surface area contributed by atoms with Crippen LogP contribution in [0.3, 0.4) is 0 Å². The highest BCUT2D eigenvalue weighted by molar-refractivity contribution is 7.19. The summed E-state index contributed by atoms with van der Waals surface area (Å²) in [4.78, 5) is 17.5. The molecule has 1 aliphatic carbocycles. The average molecular weight is 365 g/mol. The van der Waals surface area contributed by atoms with Crippen LogP contribution in [0.1, 0.15) is 23.8 Å². The minimum absolute atomic E-state index is 0.0594. The molecular weight excluding hydrogens is 350 g/mol. The van der Waals surface area contributed by atoms with Gasteiger partial charge in [-0.2, -0.15) is 0 Å². The molecule has 0 bridgehead atoms. The van der Waals surface area contributed by atoms with Crippen molar-refractivity contribution in [3.8, 4) is 11.4 Å². The fraction of sp³-hybridized carbons (Fsp3) is 0.278. The van der Waals surface area contributed by atoms with Crippen molar-refractivity contribution in [3.63, 3.8) is 0 Å². The van der Waals surface area contributed by atoms with Gasteiger partial charge in [0.05, 0.1) is 10.3 Å². The van der Waals surface area contributed by atoms with E-state index in [-0.39, 0.29) is 5.69 Å². The van der Waals surface area contributed by atoms with Gasteiger partial charge in [-0.1, -0.05) is 6.92 Å². The zero-order valence-electron chi connectivity index (χ0n) is 14.0. The molecule has 8 heteroatoms. The highest BCUT2D eigenvalue weighted by Crippen LogP contribution is 2.39. The molecule has 0 amide bonds.